The summed E-state index contributed by atoms with van der Waals surface area (Å²) in [5.74, 6) is -1.35. The summed E-state index contributed by atoms with van der Waals surface area (Å²) >= 11 is 0. The van der Waals surface area contributed by atoms with Gasteiger partial charge in [0.2, 0.25) is 0 Å². The second kappa shape index (κ2) is 6.31. The summed E-state index contributed by atoms with van der Waals surface area (Å²) in [6.07, 6.45) is -0.0784. The molecule has 0 amide bonds. The minimum absolute atomic E-state index is 0.0784. The Morgan fingerprint density at radius 3 is 2.60 bits per heavy atom. The summed E-state index contributed by atoms with van der Waals surface area (Å²) in [5.41, 5.74) is -0.960. The van der Waals surface area contributed by atoms with Crippen molar-refractivity contribution in [2.75, 3.05) is 6.61 Å². The number of nitrogens with zero attached hydrogens (tertiary/aromatic N) is 1. The van der Waals surface area contributed by atoms with Crippen molar-refractivity contribution >= 4 is 11.7 Å². The first-order valence-electron chi connectivity index (χ1n) is 5.97. The Hall–Kier alpha value is -2.18. The van der Waals surface area contributed by atoms with Crippen LogP contribution < -0.4 is 4.74 Å². The lowest BCUT2D eigenvalue weighted by atomic mass is 10.2. The van der Waals surface area contributed by atoms with Crippen molar-refractivity contribution in [2.45, 2.75) is 32.8 Å². The Balaban J connectivity index is 2.60. The van der Waals surface area contributed by atoms with Crippen LogP contribution in [0.15, 0.2) is 18.2 Å². The lowest BCUT2D eigenvalue weighted by Crippen LogP contribution is -2.24. The molecule has 1 aromatic carbocycles. The lowest BCUT2D eigenvalue weighted by molar-refractivity contribution is -0.385. The van der Waals surface area contributed by atoms with Gasteiger partial charge in [-0.25, -0.2) is 4.39 Å². The Morgan fingerprint density at radius 2 is 2.05 bits per heavy atom. The highest BCUT2D eigenvalue weighted by Crippen LogP contribution is 2.27. The number of carbonyl (C=O) groups excluding carboxylic acids is 1. The number of halogens is 1. The molecule has 0 heterocycles. The Bertz CT molecular complexity index is 510. The third kappa shape index (κ3) is 5.21. The normalized spacial score (nSPS) is 11.0. The largest absolute Gasteiger partial charge is 0.486 e. The van der Waals surface area contributed by atoms with Crippen LogP contribution in [-0.2, 0) is 9.53 Å². The van der Waals surface area contributed by atoms with E-state index in [0.717, 1.165) is 18.2 Å². The van der Waals surface area contributed by atoms with E-state index in [4.69, 9.17) is 9.47 Å². The van der Waals surface area contributed by atoms with Crippen molar-refractivity contribution in [1.29, 1.82) is 0 Å². The van der Waals surface area contributed by atoms with Crippen LogP contribution in [0.4, 0.5) is 10.1 Å². The van der Waals surface area contributed by atoms with Gasteiger partial charge in [-0.05, 0) is 26.8 Å². The zero-order valence-electron chi connectivity index (χ0n) is 11.5. The van der Waals surface area contributed by atoms with Crippen LogP contribution in [0.5, 0.6) is 5.75 Å². The molecule has 0 spiro atoms. The van der Waals surface area contributed by atoms with E-state index in [2.05, 4.69) is 0 Å². The predicted molar refractivity (Wildman–Crippen MR) is 69.0 cm³/mol. The second-order valence-corrected chi connectivity index (χ2v) is 5.05. The number of benzene rings is 1. The van der Waals surface area contributed by atoms with Gasteiger partial charge in [-0.1, -0.05) is 0 Å². The maximum absolute atomic E-state index is 13.0. The Kier molecular flexibility index (Phi) is 5.01. The van der Waals surface area contributed by atoms with Gasteiger partial charge in [-0.15, -0.1) is 0 Å². The third-order valence-electron chi connectivity index (χ3n) is 2.10. The summed E-state index contributed by atoms with van der Waals surface area (Å²) in [7, 11) is 0. The first-order chi connectivity index (χ1) is 9.19. The fraction of sp³-hybridized carbons (Fsp3) is 0.462. The lowest BCUT2D eigenvalue weighted by Gasteiger charge is -2.19. The van der Waals surface area contributed by atoms with Crippen LogP contribution in [0, 0.1) is 15.9 Å². The first-order valence-corrected chi connectivity index (χ1v) is 5.97. The Labute approximate surface area is 115 Å². The molecule has 110 valence electrons. The number of nitro groups is 1. The summed E-state index contributed by atoms with van der Waals surface area (Å²) in [4.78, 5) is 21.5. The topological polar surface area (TPSA) is 78.7 Å². The van der Waals surface area contributed by atoms with Crippen molar-refractivity contribution < 1.29 is 23.6 Å². The van der Waals surface area contributed by atoms with Gasteiger partial charge in [0, 0.05) is 12.1 Å². The van der Waals surface area contributed by atoms with E-state index < -0.39 is 22.3 Å². The van der Waals surface area contributed by atoms with Gasteiger partial charge in [-0.3, -0.25) is 14.9 Å². The smallest absolute Gasteiger partial charge is 0.311 e. The number of hydrogen-bond donors (Lipinski definition) is 0. The van der Waals surface area contributed by atoms with Gasteiger partial charge in [0.05, 0.1) is 18.0 Å². The molecule has 1 rings (SSSR count). The van der Waals surface area contributed by atoms with Gasteiger partial charge < -0.3 is 9.47 Å². The molecule has 0 aliphatic heterocycles. The van der Waals surface area contributed by atoms with E-state index >= 15 is 0 Å². The molecule has 0 radical (unpaired) electrons. The zero-order valence-corrected chi connectivity index (χ0v) is 11.5. The summed E-state index contributed by atoms with van der Waals surface area (Å²) in [6, 6.07) is 2.89. The van der Waals surface area contributed by atoms with Crippen molar-refractivity contribution in [2.24, 2.45) is 0 Å². The van der Waals surface area contributed by atoms with Crippen molar-refractivity contribution in [3.05, 3.63) is 34.1 Å². The quantitative estimate of drug-likeness (QED) is 0.472. The molecular formula is C13H16FNO5. The average Bonchev–Trinajstić information content (AvgIpc) is 2.26. The molecule has 0 aliphatic rings. The molecule has 0 unspecified atom stereocenters. The third-order valence-corrected chi connectivity index (χ3v) is 2.10. The number of nitro benzene ring substituents is 1. The monoisotopic (exact) mass is 285 g/mol. The van der Waals surface area contributed by atoms with Crippen LogP contribution in [0.25, 0.3) is 0 Å². The molecule has 1 aromatic rings. The summed E-state index contributed by atoms with van der Waals surface area (Å²) < 4.78 is 23.2. The highest BCUT2D eigenvalue weighted by Gasteiger charge is 2.18. The van der Waals surface area contributed by atoms with Crippen molar-refractivity contribution in [3.8, 4) is 5.75 Å². The minimum Gasteiger partial charge on any atom is -0.486 e. The highest BCUT2D eigenvalue weighted by atomic mass is 19.1. The maximum Gasteiger partial charge on any atom is 0.311 e. The molecule has 0 N–H and O–H groups in total. The standard InChI is InChI=1S/C13H16FNO5/c1-13(2,3)20-12(16)6-7-19-11-8-9(14)4-5-10(11)15(17)18/h4-5,8H,6-7H2,1-3H3. The number of esters is 1. The van der Waals surface area contributed by atoms with Gasteiger partial charge in [-0.2, -0.15) is 0 Å². The second-order valence-electron chi connectivity index (χ2n) is 5.05. The van der Waals surface area contributed by atoms with E-state index in [0.29, 0.717) is 0 Å². The zero-order chi connectivity index (χ0) is 15.3. The molecule has 6 nitrogen and oxygen atoms in total. The predicted octanol–water partition coefficient (Wildman–Crippen LogP) is 2.84. The van der Waals surface area contributed by atoms with Crippen LogP contribution in [0.1, 0.15) is 27.2 Å². The van der Waals surface area contributed by atoms with Gasteiger partial charge in [0.25, 0.3) is 0 Å². The van der Waals surface area contributed by atoms with E-state index in [-0.39, 0.29) is 24.5 Å². The highest BCUT2D eigenvalue weighted by molar-refractivity contribution is 5.70. The van der Waals surface area contributed by atoms with E-state index in [1.165, 1.54) is 0 Å². The van der Waals surface area contributed by atoms with Crippen molar-refractivity contribution in [3.63, 3.8) is 0 Å². The van der Waals surface area contributed by atoms with Gasteiger partial charge >= 0.3 is 11.7 Å². The number of carbonyl (C=O) groups is 1. The van der Waals surface area contributed by atoms with Crippen LogP contribution in [0.3, 0.4) is 0 Å². The molecule has 0 saturated carbocycles. The first kappa shape index (κ1) is 15.9. The molecule has 0 saturated heterocycles. The molecule has 20 heavy (non-hydrogen) atoms. The fourth-order valence-corrected chi connectivity index (χ4v) is 1.39. The van der Waals surface area contributed by atoms with Gasteiger partial charge in [0.15, 0.2) is 5.75 Å². The Morgan fingerprint density at radius 1 is 1.40 bits per heavy atom. The van der Waals surface area contributed by atoms with E-state index in [9.17, 15) is 19.3 Å². The van der Waals surface area contributed by atoms with Crippen LogP contribution in [0.2, 0.25) is 0 Å². The number of hydrogen-bond acceptors (Lipinski definition) is 5. The maximum atomic E-state index is 13.0. The van der Waals surface area contributed by atoms with Gasteiger partial charge in [0.1, 0.15) is 11.4 Å². The molecule has 0 aromatic heterocycles. The molecule has 0 bridgehead atoms. The van der Waals surface area contributed by atoms with Crippen LogP contribution in [-0.4, -0.2) is 23.1 Å². The number of rotatable bonds is 5. The van der Waals surface area contributed by atoms with Crippen LogP contribution >= 0.6 is 0 Å². The van der Waals surface area contributed by atoms with E-state index in [1.54, 1.807) is 20.8 Å². The summed E-state index contributed by atoms with van der Waals surface area (Å²) in [5, 5.41) is 10.7. The number of ether oxygens (including phenoxy) is 2. The molecule has 7 heteroatoms. The van der Waals surface area contributed by atoms with Crippen molar-refractivity contribution in [1.82, 2.24) is 0 Å². The van der Waals surface area contributed by atoms with E-state index in [1.807, 2.05) is 0 Å². The fourth-order valence-electron chi connectivity index (χ4n) is 1.39. The SMILES string of the molecule is CC(C)(C)OC(=O)CCOc1cc(F)ccc1[N+](=O)[O-]. The minimum atomic E-state index is -0.678. The molecule has 0 atom stereocenters. The average molecular weight is 285 g/mol. The molecular weight excluding hydrogens is 269 g/mol. The molecule has 0 fully saturated rings. The molecule has 0 aliphatic carbocycles. The summed E-state index contributed by atoms with van der Waals surface area (Å²) in [6.45, 7) is 5.05.